The van der Waals surface area contributed by atoms with Gasteiger partial charge in [-0.05, 0) is 13.0 Å². The minimum atomic E-state index is -1.02. The van der Waals surface area contributed by atoms with E-state index in [1.54, 1.807) is 6.92 Å². The number of primary amides is 1. The highest BCUT2D eigenvalue weighted by Crippen LogP contribution is 2.14. The Morgan fingerprint density at radius 2 is 2.29 bits per heavy atom. The van der Waals surface area contributed by atoms with Crippen molar-refractivity contribution in [3.8, 4) is 0 Å². The molecule has 1 amide bonds. The summed E-state index contributed by atoms with van der Waals surface area (Å²) in [5.41, 5.74) is 4.92. The number of carboxylic acids is 1. The van der Waals surface area contributed by atoms with Crippen molar-refractivity contribution in [3.63, 3.8) is 0 Å². The summed E-state index contributed by atoms with van der Waals surface area (Å²) in [6, 6.07) is 1.46. The summed E-state index contributed by atoms with van der Waals surface area (Å²) in [7, 11) is 0. The number of carboxylic acid groups (broad SMARTS) is 1. The van der Waals surface area contributed by atoms with Crippen LogP contribution in [0.1, 0.15) is 21.9 Å². The molecule has 17 heavy (non-hydrogen) atoms. The molecule has 1 aromatic heterocycles. The third kappa shape index (κ3) is 4.15. The van der Waals surface area contributed by atoms with E-state index in [1.807, 2.05) is 0 Å². The van der Waals surface area contributed by atoms with E-state index < -0.39 is 12.1 Å². The minimum absolute atomic E-state index is 0.148. The first-order valence-electron chi connectivity index (χ1n) is 4.96. The SMILES string of the molecule is Cc1oc(CNCCOC(N)=O)cc1C(=O)O. The molecule has 1 aromatic rings. The van der Waals surface area contributed by atoms with E-state index in [0.717, 1.165) is 0 Å². The molecule has 0 radical (unpaired) electrons. The lowest BCUT2D eigenvalue weighted by Crippen LogP contribution is -2.23. The number of aryl methyl sites for hydroxylation is 1. The first kappa shape index (κ1) is 13.0. The molecule has 1 rings (SSSR count). The molecule has 0 aliphatic carbocycles. The van der Waals surface area contributed by atoms with Crippen LogP contribution in [0.5, 0.6) is 0 Å². The molecule has 0 saturated heterocycles. The van der Waals surface area contributed by atoms with Gasteiger partial charge in [0.2, 0.25) is 0 Å². The number of carbonyl (C=O) groups excluding carboxylic acids is 1. The summed E-state index contributed by atoms with van der Waals surface area (Å²) in [5.74, 6) is -0.142. The molecule has 0 aromatic carbocycles. The minimum Gasteiger partial charge on any atom is -0.478 e. The zero-order chi connectivity index (χ0) is 12.8. The highest BCUT2D eigenvalue weighted by Gasteiger charge is 2.12. The van der Waals surface area contributed by atoms with Gasteiger partial charge in [0.1, 0.15) is 23.7 Å². The number of amides is 1. The van der Waals surface area contributed by atoms with Crippen LogP contribution in [0.2, 0.25) is 0 Å². The maximum Gasteiger partial charge on any atom is 0.404 e. The largest absolute Gasteiger partial charge is 0.478 e. The summed E-state index contributed by atoms with van der Waals surface area (Å²) >= 11 is 0. The van der Waals surface area contributed by atoms with Crippen LogP contribution in [0.15, 0.2) is 10.5 Å². The zero-order valence-corrected chi connectivity index (χ0v) is 9.36. The highest BCUT2D eigenvalue weighted by atomic mass is 16.5. The predicted molar refractivity (Wildman–Crippen MR) is 57.6 cm³/mol. The Bertz CT molecular complexity index is 413. The molecule has 0 unspecified atom stereocenters. The molecule has 94 valence electrons. The summed E-state index contributed by atoms with van der Waals surface area (Å²) in [4.78, 5) is 21.0. The highest BCUT2D eigenvalue weighted by molar-refractivity contribution is 5.88. The van der Waals surface area contributed by atoms with Crippen LogP contribution in [-0.2, 0) is 11.3 Å². The average Bonchev–Trinajstić information content (AvgIpc) is 2.59. The monoisotopic (exact) mass is 242 g/mol. The third-order valence-electron chi connectivity index (χ3n) is 2.02. The van der Waals surface area contributed by atoms with E-state index in [1.165, 1.54) is 6.07 Å². The Labute approximate surface area is 97.5 Å². The van der Waals surface area contributed by atoms with Gasteiger partial charge < -0.3 is 25.3 Å². The van der Waals surface area contributed by atoms with E-state index in [-0.39, 0.29) is 12.2 Å². The van der Waals surface area contributed by atoms with Crippen molar-refractivity contribution in [2.45, 2.75) is 13.5 Å². The van der Waals surface area contributed by atoms with Crippen molar-refractivity contribution in [3.05, 3.63) is 23.2 Å². The first-order valence-corrected chi connectivity index (χ1v) is 4.96. The molecule has 7 nitrogen and oxygen atoms in total. The number of furan rings is 1. The van der Waals surface area contributed by atoms with Crippen LogP contribution in [-0.4, -0.2) is 30.3 Å². The Kier molecular flexibility index (Phi) is 4.53. The van der Waals surface area contributed by atoms with Crippen LogP contribution in [0.25, 0.3) is 0 Å². The molecular weight excluding hydrogens is 228 g/mol. The summed E-state index contributed by atoms with van der Waals surface area (Å²) in [6.07, 6.45) is -0.825. The number of nitrogens with one attached hydrogen (secondary N) is 1. The molecule has 0 bridgehead atoms. The standard InChI is InChI=1S/C10H14N2O5/c1-6-8(9(13)14)4-7(17-6)5-12-2-3-16-10(11)15/h4,12H,2-3,5H2,1H3,(H2,11,15)(H,13,14). The lowest BCUT2D eigenvalue weighted by molar-refractivity contribution is 0.0695. The van der Waals surface area contributed by atoms with Gasteiger partial charge in [-0.2, -0.15) is 0 Å². The number of hydrogen-bond donors (Lipinski definition) is 3. The van der Waals surface area contributed by atoms with Crippen molar-refractivity contribution in [1.29, 1.82) is 0 Å². The molecule has 0 atom stereocenters. The van der Waals surface area contributed by atoms with Crippen LogP contribution >= 0.6 is 0 Å². The van der Waals surface area contributed by atoms with E-state index in [2.05, 4.69) is 10.1 Å². The molecule has 7 heteroatoms. The van der Waals surface area contributed by atoms with Gasteiger partial charge in [0.15, 0.2) is 0 Å². The fourth-order valence-corrected chi connectivity index (χ4v) is 1.28. The fraction of sp³-hybridized carbons (Fsp3) is 0.400. The van der Waals surface area contributed by atoms with Crippen molar-refractivity contribution >= 4 is 12.1 Å². The number of ether oxygens (including phenoxy) is 1. The lowest BCUT2D eigenvalue weighted by Gasteiger charge is -2.02. The second kappa shape index (κ2) is 5.90. The van der Waals surface area contributed by atoms with E-state index in [9.17, 15) is 9.59 Å². The first-order chi connectivity index (χ1) is 8.00. The van der Waals surface area contributed by atoms with Crippen molar-refractivity contribution in [1.82, 2.24) is 5.32 Å². The average molecular weight is 242 g/mol. The van der Waals surface area contributed by atoms with Gasteiger partial charge in [-0.1, -0.05) is 0 Å². The molecular formula is C10H14N2O5. The Morgan fingerprint density at radius 3 is 2.82 bits per heavy atom. The summed E-state index contributed by atoms with van der Waals surface area (Å²) in [6.45, 7) is 2.51. The molecule has 1 heterocycles. The van der Waals surface area contributed by atoms with E-state index in [4.69, 9.17) is 15.3 Å². The number of carbonyl (C=O) groups is 2. The summed E-state index contributed by atoms with van der Waals surface area (Å²) in [5, 5.41) is 11.7. The number of nitrogens with two attached hydrogens (primary N) is 1. The Morgan fingerprint density at radius 1 is 1.59 bits per heavy atom. The molecule has 0 aliphatic heterocycles. The number of rotatable bonds is 6. The van der Waals surface area contributed by atoms with Crippen molar-refractivity contribution in [2.24, 2.45) is 5.73 Å². The maximum absolute atomic E-state index is 10.7. The van der Waals surface area contributed by atoms with Gasteiger partial charge in [-0.3, -0.25) is 0 Å². The van der Waals surface area contributed by atoms with Gasteiger partial charge in [-0.15, -0.1) is 0 Å². The summed E-state index contributed by atoms with van der Waals surface area (Å²) < 4.78 is 9.73. The molecule has 4 N–H and O–H groups in total. The van der Waals surface area contributed by atoms with Gasteiger partial charge in [-0.25, -0.2) is 9.59 Å². The van der Waals surface area contributed by atoms with E-state index >= 15 is 0 Å². The van der Waals surface area contributed by atoms with Crippen LogP contribution in [0, 0.1) is 6.92 Å². The predicted octanol–water partition coefficient (Wildman–Crippen LogP) is 0.471. The van der Waals surface area contributed by atoms with Gasteiger partial charge >= 0.3 is 12.1 Å². The molecule has 0 spiro atoms. The van der Waals surface area contributed by atoms with Gasteiger partial charge in [0.25, 0.3) is 0 Å². The van der Waals surface area contributed by atoms with Crippen molar-refractivity contribution < 1.29 is 23.8 Å². The van der Waals surface area contributed by atoms with Gasteiger partial charge in [0, 0.05) is 6.54 Å². The van der Waals surface area contributed by atoms with Crippen LogP contribution < -0.4 is 11.1 Å². The van der Waals surface area contributed by atoms with Crippen LogP contribution in [0.4, 0.5) is 4.79 Å². The molecule has 0 fully saturated rings. The van der Waals surface area contributed by atoms with Crippen LogP contribution in [0.3, 0.4) is 0 Å². The normalized spacial score (nSPS) is 10.2. The third-order valence-corrected chi connectivity index (χ3v) is 2.02. The quantitative estimate of drug-likeness (QED) is 0.624. The second-order valence-corrected chi connectivity index (χ2v) is 3.33. The zero-order valence-electron chi connectivity index (χ0n) is 9.36. The Hall–Kier alpha value is -2.02. The maximum atomic E-state index is 10.7. The number of aromatic carboxylic acids is 1. The van der Waals surface area contributed by atoms with Crippen molar-refractivity contribution in [2.75, 3.05) is 13.2 Å². The Balaban J connectivity index is 2.35. The van der Waals surface area contributed by atoms with Gasteiger partial charge in [0.05, 0.1) is 6.54 Å². The second-order valence-electron chi connectivity index (χ2n) is 3.33. The van der Waals surface area contributed by atoms with E-state index in [0.29, 0.717) is 24.6 Å². The fourth-order valence-electron chi connectivity index (χ4n) is 1.28. The molecule has 0 aliphatic rings. The smallest absolute Gasteiger partial charge is 0.404 e. The molecule has 0 saturated carbocycles. The number of hydrogen-bond acceptors (Lipinski definition) is 5. The lowest BCUT2D eigenvalue weighted by atomic mass is 10.2. The topological polar surface area (TPSA) is 115 Å².